The Bertz CT molecular complexity index is 1160. The summed E-state index contributed by atoms with van der Waals surface area (Å²) in [7, 11) is 1.13. The zero-order chi connectivity index (χ0) is 26.1. The molecule has 188 valence electrons. The lowest BCUT2D eigenvalue weighted by atomic mass is 10.0. The first-order valence-electron chi connectivity index (χ1n) is 9.89. The van der Waals surface area contributed by atoms with Crippen LogP contribution >= 0.6 is 0 Å². The molecule has 0 aliphatic carbocycles. The number of likely N-dealkylation sites (tertiary alicyclic amines) is 1. The van der Waals surface area contributed by atoms with Gasteiger partial charge >= 0.3 is 12.4 Å². The number of pyridine rings is 1. The van der Waals surface area contributed by atoms with E-state index in [0.717, 1.165) is 31.1 Å². The molecule has 1 fully saturated rings. The third kappa shape index (κ3) is 5.50. The Hall–Kier alpha value is -3.76. The lowest BCUT2D eigenvalue weighted by Gasteiger charge is -2.40. The number of rotatable bonds is 6. The van der Waals surface area contributed by atoms with Crippen molar-refractivity contribution in [2.75, 3.05) is 25.5 Å². The zero-order valence-corrected chi connectivity index (χ0v) is 18.1. The second-order valence-electron chi connectivity index (χ2n) is 7.54. The molecule has 0 spiro atoms. The Labute approximate surface area is 194 Å². The molecular formula is C21H17F7N4O3. The van der Waals surface area contributed by atoms with Gasteiger partial charge in [0, 0.05) is 19.3 Å². The van der Waals surface area contributed by atoms with Gasteiger partial charge in [0.1, 0.15) is 17.4 Å². The number of benzene rings is 1. The van der Waals surface area contributed by atoms with E-state index in [-0.39, 0.29) is 30.5 Å². The standard InChI is InChI=1S/C21H17F7N4O3/c1-10(20(23,24)25)35-15-4-3-11(6-29)17(34-2)16(15)19(33)32-8-13(9-32)31-18-14(22)5-12(7-30-18)21(26,27)28/h3-5,7,10,13H,8-9H2,1-2H3,(H,30,31)/t10-/m0/s1. The molecule has 0 unspecified atom stereocenters. The summed E-state index contributed by atoms with van der Waals surface area (Å²) in [4.78, 5) is 17.7. The molecule has 1 aromatic carbocycles. The number of carbonyl (C=O) groups excluding carboxylic acids is 1. The van der Waals surface area contributed by atoms with E-state index in [2.05, 4.69) is 10.3 Å². The number of methoxy groups -OCH3 is 1. The van der Waals surface area contributed by atoms with Crippen LogP contribution in [0.4, 0.5) is 36.6 Å². The van der Waals surface area contributed by atoms with E-state index in [1.165, 1.54) is 0 Å². The van der Waals surface area contributed by atoms with Crippen LogP contribution < -0.4 is 14.8 Å². The van der Waals surface area contributed by atoms with Gasteiger partial charge in [0.2, 0.25) is 0 Å². The van der Waals surface area contributed by atoms with Gasteiger partial charge in [0.25, 0.3) is 5.91 Å². The van der Waals surface area contributed by atoms with Gasteiger partial charge in [-0.1, -0.05) is 0 Å². The normalized spacial score (nSPS) is 15.1. The van der Waals surface area contributed by atoms with Crippen LogP contribution in [-0.4, -0.2) is 54.3 Å². The summed E-state index contributed by atoms with van der Waals surface area (Å²) < 4.78 is 101. The first kappa shape index (κ1) is 25.9. The van der Waals surface area contributed by atoms with Crippen molar-refractivity contribution in [2.24, 2.45) is 0 Å². The van der Waals surface area contributed by atoms with Gasteiger partial charge in [-0.25, -0.2) is 9.37 Å². The Balaban J connectivity index is 1.79. The highest BCUT2D eigenvalue weighted by molar-refractivity contribution is 6.01. The summed E-state index contributed by atoms with van der Waals surface area (Å²) in [5, 5.41) is 11.8. The SMILES string of the molecule is COc1c(C#N)ccc(O[C@@H](C)C(F)(F)F)c1C(=O)N1CC(Nc2ncc(C(F)(F)F)cc2F)C1. The molecule has 14 heteroatoms. The molecule has 7 nitrogen and oxygen atoms in total. The number of hydrogen-bond donors (Lipinski definition) is 1. The number of aromatic nitrogens is 1. The monoisotopic (exact) mass is 506 g/mol. The predicted octanol–water partition coefficient (Wildman–Crippen LogP) is 4.39. The second kappa shape index (κ2) is 9.47. The molecule has 1 amide bonds. The fourth-order valence-electron chi connectivity index (χ4n) is 3.21. The Morgan fingerprint density at radius 3 is 2.43 bits per heavy atom. The summed E-state index contributed by atoms with van der Waals surface area (Å²) in [6.07, 6.45) is -11.3. The largest absolute Gasteiger partial charge is 0.494 e. The van der Waals surface area contributed by atoms with E-state index in [1.54, 1.807) is 6.07 Å². The van der Waals surface area contributed by atoms with Crippen molar-refractivity contribution >= 4 is 11.7 Å². The van der Waals surface area contributed by atoms with Crippen LogP contribution in [0.1, 0.15) is 28.4 Å². The van der Waals surface area contributed by atoms with Gasteiger partial charge in [-0.05, 0) is 25.1 Å². The summed E-state index contributed by atoms with van der Waals surface area (Å²) >= 11 is 0. The molecule has 1 saturated heterocycles. The minimum absolute atomic E-state index is 0.0881. The van der Waals surface area contributed by atoms with Crippen LogP contribution in [-0.2, 0) is 6.18 Å². The highest BCUT2D eigenvalue weighted by atomic mass is 19.4. The molecule has 1 aliphatic rings. The Morgan fingerprint density at radius 1 is 1.26 bits per heavy atom. The van der Waals surface area contributed by atoms with Crippen LogP contribution in [0.5, 0.6) is 11.5 Å². The second-order valence-corrected chi connectivity index (χ2v) is 7.54. The number of anilines is 1. The van der Waals surface area contributed by atoms with E-state index in [0.29, 0.717) is 6.20 Å². The Kier molecular flexibility index (Phi) is 7.00. The van der Waals surface area contributed by atoms with E-state index >= 15 is 0 Å². The van der Waals surface area contributed by atoms with E-state index in [4.69, 9.17) is 9.47 Å². The number of nitrogens with one attached hydrogen (secondary N) is 1. The molecule has 0 saturated carbocycles. The molecule has 1 aromatic heterocycles. The lowest BCUT2D eigenvalue weighted by molar-refractivity contribution is -0.189. The van der Waals surface area contributed by atoms with E-state index < -0.39 is 58.9 Å². The minimum atomic E-state index is -4.77. The van der Waals surface area contributed by atoms with Gasteiger partial charge in [0.15, 0.2) is 23.5 Å². The molecule has 1 aliphatic heterocycles. The maximum Gasteiger partial charge on any atom is 0.425 e. The number of hydrogen-bond acceptors (Lipinski definition) is 6. The van der Waals surface area contributed by atoms with Gasteiger partial charge in [-0.3, -0.25) is 4.79 Å². The molecule has 1 atom stereocenters. The highest BCUT2D eigenvalue weighted by Crippen LogP contribution is 2.37. The van der Waals surface area contributed by atoms with Gasteiger partial charge in [-0.15, -0.1) is 0 Å². The number of amides is 1. The lowest BCUT2D eigenvalue weighted by Crippen LogP contribution is -2.57. The van der Waals surface area contributed by atoms with Crippen molar-refractivity contribution in [1.29, 1.82) is 5.26 Å². The fraction of sp³-hybridized carbons (Fsp3) is 0.381. The summed E-state index contributed by atoms with van der Waals surface area (Å²) in [6.45, 7) is 0.568. The van der Waals surface area contributed by atoms with Gasteiger partial charge < -0.3 is 19.7 Å². The van der Waals surface area contributed by atoms with Gasteiger partial charge in [0.05, 0.1) is 24.3 Å². The van der Waals surface area contributed by atoms with E-state index in [1.807, 2.05) is 0 Å². The van der Waals surface area contributed by atoms with Crippen molar-refractivity contribution < 1.29 is 45.0 Å². The van der Waals surface area contributed by atoms with Crippen LogP contribution in [0.15, 0.2) is 24.4 Å². The smallest absolute Gasteiger partial charge is 0.425 e. The average molecular weight is 506 g/mol. The first-order valence-corrected chi connectivity index (χ1v) is 9.89. The zero-order valence-electron chi connectivity index (χ0n) is 18.1. The maximum absolute atomic E-state index is 14.0. The van der Waals surface area contributed by atoms with Crippen molar-refractivity contribution in [3.63, 3.8) is 0 Å². The summed E-state index contributed by atoms with van der Waals surface area (Å²) in [5.41, 5.74) is -1.79. The summed E-state index contributed by atoms with van der Waals surface area (Å²) in [5.74, 6) is -3.26. The molecule has 2 heterocycles. The molecule has 3 rings (SSSR count). The molecule has 1 N–H and O–H groups in total. The molecular weight excluding hydrogens is 489 g/mol. The van der Waals surface area contributed by atoms with Crippen molar-refractivity contribution in [1.82, 2.24) is 9.88 Å². The van der Waals surface area contributed by atoms with Crippen LogP contribution in [0.3, 0.4) is 0 Å². The third-order valence-corrected chi connectivity index (χ3v) is 5.10. The molecule has 2 aromatic rings. The van der Waals surface area contributed by atoms with Crippen LogP contribution in [0.2, 0.25) is 0 Å². The number of nitriles is 1. The van der Waals surface area contributed by atoms with Crippen molar-refractivity contribution in [2.45, 2.75) is 31.4 Å². The van der Waals surface area contributed by atoms with E-state index in [9.17, 15) is 40.8 Å². The fourth-order valence-corrected chi connectivity index (χ4v) is 3.21. The number of nitrogens with zero attached hydrogens (tertiary/aromatic N) is 3. The molecule has 35 heavy (non-hydrogen) atoms. The quantitative estimate of drug-likeness (QED) is 0.585. The van der Waals surface area contributed by atoms with Crippen LogP contribution in [0, 0.1) is 17.1 Å². The predicted molar refractivity (Wildman–Crippen MR) is 106 cm³/mol. The topological polar surface area (TPSA) is 87.5 Å². The Morgan fingerprint density at radius 2 is 1.91 bits per heavy atom. The number of carbonyl (C=O) groups is 1. The summed E-state index contributed by atoms with van der Waals surface area (Å²) in [6, 6.07) is 3.64. The third-order valence-electron chi connectivity index (χ3n) is 5.10. The average Bonchev–Trinajstić information content (AvgIpc) is 2.74. The number of ether oxygens (including phenoxy) is 2. The van der Waals surface area contributed by atoms with Gasteiger partial charge in [-0.2, -0.15) is 31.6 Å². The number of alkyl halides is 6. The number of halogens is 7. The first-order chi connectivity index (χ1) is 16.3. The minimum Gasteiger partial charge on any atom is -0.494 e. The molecule has 0 bridgehead atoms. The molecule has 0 radical (unpaired) electrons. The van der Waals surface area contributed by atoms with Crippen molar-refractivity contribution in [3.05, 3.63) is 46.9 Å². The highest BCUT2D eigenvalue weighted by Gasteiger charge is 2.41. The van der Waals surface area contributed by atoms with Crippen LogP contribution in [0.25, 0.3) is 0 Å². The maximum atomic E-state index is 14.0. The van der Waals surface area contributed by atoms with Crippen molar-refractivity contribution in [3.8, 4) is 17.6 Å².